The van der Waals surface area contributed by atoms with Crippen molar-refractivity contribution in [3.63, 3.8) is 0 Å². The van der Waals surface area contributed by atoms with Gasteiger partial charge < -0.3 is 15.4 Å². The van der Waals surface area contributed by atoms with E-state index in [4.69, 9.17) is 4.74 Å². The maximum absolute atomic E-state index is 12.5. The minimum Gasteiger partial charge on any atom is -0.457 e. The van der Waals surface area contributed by atoms with Crippen LogP contribution in [0.1, 0.15) is 16.1 Å². The lowest BCUT2D eigenvalue weighted by molar-refractivity contribution is 0.102. The molecule has 4 rings (SSSR count). The molecule has 0 aliphatic rings. The van der Waals surface area contributed by atoms with Gasteiger partial charge in [0.2, 0.25) is 0 Å². The van der Waals surface area contributed by atoms with Crippen LogP contribution in [-0.4, -0.2) is 15.9 Å². The van der Waals surface area contributed by atoms with E-state index in [1.807, 2.05) is 49.4 Å². The van der Waals surface area contributed by atoms with Gasteiger partial charge in [0.25, 0.3) is 5.91 Å². The van der Waals surface area contributed by atoms with E-state index < -0.39 is 0 Å². The molecule has 0 saturated carbocycles. The quantitative estimate of drug-likeness (QED) is 0.445. The lowest BCUT2D eigenvalue weighted by Crippen LogP contribution is -2.11. The molecule has 0 aliphatic heterocycles. The number of nitrogens with zero attached hydrogens (tertiary/aromatic N) is 2. The molecular weight excluding hydrogens is 376 g/mol. The summed E-state index contributed by atoms with van der Waals surface area (Å²) in [5, 5.41) is 6.15. The number of pyridine rings is 2. The molecule has 0 aliphatic carbocycles. The van der Waals surface area contributed by atoms with Crippen molar-refractivity contribution in [3.8, 4) is 11.5 Å². The number of hydrogen-bond acceptors (Lipinski definition) is 5. The van der Waals surface area contributed by atoms with E-state index in [-0.39, 0.29) is 5.91 Å². The van der Waals surface area contributed by atoms with Crippen molar-refractivity contribution < 1.29 is 9.53 Å². The topological polar surface area (TPSA) is 76.1 Å². The van der Waals surface area contributed by atoms with Crippen molar-refractivity contribution in [3.05, 3.63) is 103 Å². The Labute approximate surface area is 174 Å². The number of ether oxygens (including phenoxy) is 1. The van der Waals surface area contributed by atoms with E-state index in [9.17, 15) is 4.79 Å². The summed E-state index contributed by atoms with van der Waals surface area (Å²) in [6.07, 6.45) is 5.15. The van der Waals surface area contributed by atoms with Crippen LogP contribution in [0.3, 0.4) is 0 Å². The summed E-state index contributed by atoms with van der Waals surface area (Å²) in [4.78, 5) is 20.7. The van der Waals surface area contributed by atoms with Crippen LogP contribution < -0.4 is 15.4 Å². The summed E-state index contributed by atoms with van der Waals surface area (Å²) < 4.78 is 5.80. The molecule has 1 amide bonds. The van der Waals surface area contributed by atoms with E-state index in [1.54, 1.807) is 48.9 Å². The Bertz CT molecular complexity index is 1130. The molecule has 0 saturated heterocycles. The van der Waals surface area contributed by atoms with Gasteiger partial charge in [-0.1, -0.05) is 0 Å². The minimum atomic E-state index is -0.177. The minimum absolute atomic E-state index is 0.177. The Morgan fingerprint density at radius 1 is 0.767 bits per heavy atom. The zero-order valence-electron chi connectivity index (χ0n) is 16.4. The fourth-order valence-electron chi connectivity index (χ4n) is 2.84. The fourth-order valence-corrected chi connectivity index (χ4v) is 2.84. The summed E-state index contributed by atoms with van der Waals surface area (Å²) in [5.41, 5.74) is 3.98. The largest absolute Gasteiger partial charge is 0.457 e. The van der Waals surface area contributed by atoms with Crippen LogP contribution in [0.15, 0.2) is 91.4 Å². The fraction of sp³-hybridized carbons (Fsp3) is 0.0417. The van der Waals surface area contributed by atoms with Gasteiger partial charge in [-0.15, -0.1) is 0 Å². The number of aromatic nitrogens is 2. The van der Waals surface area contributed by atoms with Gasteiger partial charge in [-0.25, -0.2) is 0 Å². The highest BCUT2D eigenvalue weighted by atomic mass is 16.5. The Balaban J connectivity index is 1.36. The lowest BCUT2D eigenvalue weighted by atomic mass is 10.2. The van der Waals surface area contributed by atoms with Crippen molar-refractivity contribution in [2.75, 3.05) is 10.6 Å². The monoisotopic (exact) mass is 396 g/mol. The summed E-state index contributed by atoms with van der Waals surface area (Å²) in [7, 11) is 0. The van der Waals surface area contributed by atoms with Crippen LogP contribution in [0.2, 0.25) is 0 Å². The Kier molecular flexibility index (Phi) is 5.66. The van der Waals surface area contributed by atoms with Crippen LogP contribution >= 0.6 is 0 Å². The number of aryl methyl sites for hydroxylation is 1. The molecule has 0 spiro atoms. The van der Waals surface area contributed by atoms with E-state index >= 15 is 0 Å². The van der Waals surface area contributed by atoms with E-state index in [1.165, 1.54) is 0 Å². The van der Waals surface area contributed by atoms with Crippen LogP contribution in [-0.2, 0) is 0 Å². The predicted molar refractivity (Wildman–Crippen MR) is 117 cm³/mol. The van der Waals surface area contributed by atoms with Crippen LogP contribution in [0, 0.1) is 6.92 Å². The third-order valence-corrected chi connectivity index (χ3v) is 4.33. The molecule has 0 fully saturated rings. The standard InChI is InChI=1S/C24H20N4O2/c1-17-16-23(12-15-26-17)30-22-8-6-20(7-9-22)28-24(29)18-2-4-19(5-3-18)27-21-10-13-25-14-11-21/h2-16H,1H3,(H,25,27)(H,28,29). The first kappa shape index (κ1) is 19.1. The van der Waals surface area contributed by atoms with Crippen molar-refractivity contribution >= 4 is 23.0 Å². The highest BCUT2D eigenvalue weighted by Gasteiger charge is 2.07. The normalized spacial score (nSPS) is 10.3. The van der Waals surface area contributed by atoms with Crippen LogP contribution in [0.25, 0.3) is 0 Å². The van der Waals surface area contributed by atoms with E-state index in [0.29, 0.717) is 17.0 Å². The average molecular weight is 396 g/mol. The molecule has 0 atom stereocenters. The Morgan fingerprint density at radius 3 is 2.13 bits per heavy atom. The van der Waals surface area contributed by atoms with Crippen molar-refractivity contribution in [2.24, 2.45) is 0 Å². The molecule has 2 N–H and O–H groups in total. The van der Waals surface area contributed by atoms with Crippen LogP contribution in [0.4, 0.5) is 17.1 Å². The van der Waals surface area contributed by atoms with Crippen LogP contribution in [0.5, 0.6) is 11.5 Å². The first-order valence-corrected chi connectivity index (χ1v) is 9.45. The molecule has 0 radical (unpaired) electrons. The Hall–Kier alpha value is -4.19. The molecule has 0 unspecified atom stereocenters. The van der Waals surface area contributed by atoms with E-state index in [0.717, 1.165) is 22.8 Å². The van der Waals surface area contributed by atoms with Crippen molar-refractivity contribution in [1.82, 2.24) is 9.97 Å². The second-order valence-electron chi connectivity index (χ2n) is 6.65. The van der Waals surface area contributed by atoms with Crippen molar-refractivity contribution in [1.29, 1.82) is 0 Å². The maximum Gasteiger partial charge on any atom is 0.255 e. The first-order valence-electron chi connectivity index (χ1n) is 9.45. The summed E-state index contributed by atoms with van der Waals surface area (Å²) in [5.74, 6) is 1.23. The highest BCUT2D eigenvalue weighted by Crippen LogP contribution is 2.23. The van der Waals surface area contributed by atoms with Gasteiger partial charge in [-0.3, -0.25) is 14.8 Å². The SMILES string of the molecule is Cc1cc(Oc2ccc(NC(=O)c3ccc(Nc4ccncc4)cc3)cc2)ccn1. The smallest absolute Gasteiger partial charge is 0.255 e. The number of hydrogen-bond donors (Lipinski definition) is 2. The highest BCUT2D eigenvalue weighted by molar-refractivity contribution is 6.04. The lowest BCUT2D eigenvalue weighted by Gasteiger charge is -2.09. The number of anilines is 3. The number of carbonyl (C=O) groups excluding carboxylic acids is 1. The van der Waals surface area contributed by atoms with Gasteiger partial charge in [-0.2, -0.15) is 0 Å². The average Bonchev–Trinajstić information content (AvgIpc) is 2.76. The molecule has 6 nitrogen and oxygen atoms in total. The first-order chi connectivity index (χ1) is 14.7. The number of amides is 1. The van der Waals surface area contributed by atoms with Gasteiger partial charge in [-0.05, 0) is 73.7 Å². The molecule has 0 bridgehead atoms. The zero-order chi connectivity index (χ0) is 20.8. The second-order valence-corrected chi connectivity index (χ2v) is 6.65. The van der Waals surface area contributed by atoms with Crippen molar-refractivity contribution in [2.45, 2.75) is 6.92 Å². The molecule has 4 aromatic rings. The molecule has 148 valence electrons. The van der Waals surface area contributed by atoms with Gasteiger partial charge in [0, 0.05) is 53.0 Å². The predicted octanol–water partition coefficient (Wildman–Crippen LogP) is 5.57. The van der Waals surface area contributed by atoms with E-state index in [2.05, 4.69) is 20.6 Å². The molecule has 2 heterocycles. The third kappa shape index (κ3) is 4.99. The zero-order valence-corrected chi connectivity index (χ0v) is 16.4. The Morgan fingerprint density at radius 2 is 1.43 bits per heavy atom. The number of nitrogens with one attached hydrogen (secondary N) is 2. The molecule has 2 aromatic carbocycles. The molecule has 6 heteroatoms. The number of benzene rings is 2. The summed E-state index contributed by atoms with van der Waals surface area (Å²) >= 11 is 0. The number of rotatable bonds is 6. The third-order valence-electron chi connectivity index (χ3n) is 4.33. The number of carbonyl (C=O) groups is 1. The van der Waals surface area contributed by atoms with Gasteiger partial charge in [0.15, 0.2) is 0 Å². The molecular formula is C24H20N4O2. The maximum atomic E-state index is 12.5. The molecule has 30 heavy (non-hydrogen) atoms. The van der Waals surface area contributed by atoms with Gasteiger partial charge >= 0.3 is 0 Å². The van der Waals surface area contributed by atoms with Gasteiger partial charge in [0.1, 0.15) is 11.5 Å². The molecule has 2 aromatic heterocycles. The van der Waals surface area contributed by atoms with Gasteiger partial charge in [0.05, 0.1) is 0 Å². The summed E-state index contributed by atoms with van der Waals surface area (Å²) in [6, 6.07) is 21.9. The second kappa shape index (κ2) is 8.87. The summed E-state index contributed by atoms with van der Waals surface area (Å²) in [6.45, 7) is 1.91.